The van der Waals surface area contributed by atoms with E-state index in [1.54, 1.807) is 0 Å². The summed E-state index contributed by atoms with van der Waals surface area (Å²) in [6, 6.07) is 11.3. The van der Waals surface area contributed by atoms with Crippen molar-refractivity contribution < 1.29 is 9.53 Å². The van der Waals surface area contributed by atoms with E-state index in [-0.39, 0.29) is 11.9 Å². The number of carbonyl (C=O) groups is 1. The van der Waals surface area contributed by atoms with E-state index in [9.17, 15) is 4.79 Å². The Morgan fingerprint density at radius 1 is 1.32 bits per heavy atom. The molecule has 1 heterocycles. The summed E-state index contributed by atoms with van der Waals surface area (Å²) in [6.45, 7) is 7.83. The largest absolute Gasteiger partial charge is 0.466 e. The van der Waals surface area contributed by atoms with Crippen molar-refractivity contribution in [3.05, 3.63) is 35.9 Å². The van der Waals surface area contributed by atoms with Crippen LogP contribution in [0.1, 0.15) is 58.1 Å². The van der Waals surface area contributed by atoms with E-state index in [0.29, 0.717) is 18.7 Å². The van der Waals surface area contributed by atoms with Crippen LogP contribution in [0.2, 0.25) is 0 Å². The molecule has 1 aliphatic rings. The molecule has 3 nitrogen and oxygen atoms in total. The van der Waals surface area contributed by atoms with Gasteiger partial charge in [0.15, 0.2) is 0 Å². The van der Waals surface area contributed by atoms with Crippen LogP contribution < -0.4 is 0 Å². The standard InChI is InChI=1S/C19H29NO2/c1-4-10-17(19(21)22-5-2)18-13-9-14-20(18)15(3)16-11-7-6-8-12-16/h6-8,11-12,15,17-18H,4-5,9-10,13-14H2,1-3H3/t15-,17+,18-/m1/s1. The maximum atomic E-state index is 12.4. The third kappa shape index (κ3) is 3.89. The number of carbonyl (C=O) groups excluding carboxylic acids is 1. The van der Waals surface area contributed by atoms with Gasteiger partial charge in [-0.25, -0.2) is 0 Å². The number of esters is 1. The zero-order chi connectivity index (χ0) is 15.9. The summed E-state index contributed by atoms with van der Waals surface area (Å²) in [4.78, 5) is 14.9. The Balaban J connectivity index is 2.15. The van der Waals surface area contributed by atoms with Crippen LogP contribution in [0.4, 0.5) is 0 Å². The van der Waals surface area contributed by atoms with Crippen molar-refractivity contribution in [2.75, 3.05) is 13.2 Å². The first-order chi connectivity index (χ1) is 10.7. The van der Waals surface area contributed by atoms with Gasteiger partial charge in [0, 0.05) is 12.1 Å². The van der Waals surface area contributed by atoms with Crippen LogP contribution >= 0.6 is 0 Å². The van der Waals surface area contributed by atoms with Gasteiger partial charge < -0.3 is 4.74 Å². The first-order valence-electron chi connectivity index (χ1n) is 8.66. The van der Waals surface area contributed by atoms with E-state index in [1.807, 2.05) is 6.92 Å². The normalized spacial score (nSPS) is 21.5. The molecular formula is C19H29NO2. The summed E-state index contributed by atoms with van der Waals surface area (Å²) < 4.78 is 5.34. The molecule has 0 spiro atoms. The fraction of sp³-hybridized carbons (Fsp3) is 0.632. The van der Waals surface area contributed by atoms with Gasteiger partial charge in [-0.05, 0) is 45.2 Å². The van der Waals surface area contributed by atoms with Crippen molar-refractivity contribution in [2.24, 2.45) is 5.92 Å². The van der Waals surface area contributed by atoms with Crippen molar-refractivity contribution in [1.29, 1.82) is 0 Å². The molecule has 2 rings (SSSR count). The van der Waals surface area contributed by atoms with Gasteiger partial charge in [-0.2, -0.15) is 0 Å². The maximum Gasteiger partial charge on any atom is 0.310 e. The summed E-state index contributed by atoms with van der Waals surface area (Å²) in [5.74, 6) is 0.000115. The molecule has 22 heavy (non-hydrogen) atoms. The zero-order valence-electron chi connectivity index (χ0n) is 14.1. The number of ether oxygens (including phenoxy) is 1. The van der Waals surface area contributed by atoms with Crippen LogP contribution in [0.3, 0.4) is 0 Å². The molecular weight excluding hydrogens is 274 g/mol. The molecule has 0 aliphatic carbocycles. The predicted molar refractivity (Wildman–Crippen MR) is 89.6 cm³/mol. The van der Waals surface area contributed by atoms with Gasteiger partial charge in [-0.3, -0.25) is 9.69 Å². The van der Waals surface area contributed by atoms with Crippen LogP contribution in [-0.4, -0.2) is 30.1 Å². The average molecular weight is 303 g/mol. The highest BCUT2D eigenvalue weighted by atomic mass is 16.5. The number of nitrogens with zero attached hydrogens (tertiary/aromatic N) is 1. The Morgan fingerprint density at radius 2 is 2.05 bits per heavy atom. The van der Waals surface area contributed by atoms with Gasteiger partial charge >= 0.3 is 5.97 Å². The van der Waals surface area contributed by atoms with Crippen LogP contribution in [-0.2, 0) is 9.53 Å². The van der Waals surface area contributed by atoms with E-state index in [2.05, 4.69) is 49.1 Å². The Labute approximate surface area is 134 Å². The second-order valence-electron chi connectivity index (χ2n) is 6.18. The van der Waals surface area contributed by atoms with E-state index < -0.39 is 0 Å². The third-order valence-corrected chi connectivity index (χ3v) is 4.78. The van der Waals surface area contributed by atoms with E-state index in [1.165, 1.54) is 12.0 Å². The van der Waals surface area contributed by atoms with E-state index in [0.717, 1.165) is 25.8 Å². The van der Waals surface area contributed by atoms with Crippen molar-refractivity contribution in [1.82, 2.24) is 4.90 Å². The Bertz CT molecular complexity index is 460. The number of hydrogen-bond donors (Lipinski definition) is 0. The molecule has 0 bridgehead atoms. The molecule has 0 radical (unpaired) electrons. The molecule has 0 N–H and O–H groups in total. The fourth-order valence-corrected chi connectivity index (χ4v) is 3.68. The summed E-state index contributed by atoms with van der Waals surface area (Å²) in [7, 11) is 0. The Morgan fingerprint density at radius 3 is 2.68 bits per heavy atom. The summed E-state index contributed by atoms with van der Waals surface area (Å²) in [5, 5.41) is 0. The van der Waals surface area contributed by atoms with Crippen molar-refractivity contribution in [3.8, 4) is 0 Å². The first-order valence-corrected chi connectivity index (χ1v) is 8.66. The first kappa shape index (κ1) is 17.0. The lowest BCUT2D eigenvalue weighted by Gasteiger charge is -2.35. The molecule has 3 atom stereocenters. The number of hydrogen-bond acceptors (Lipinski definition) is 3. The second kappa shape index (κ2) is 8.33. The molecule has 0 saturated carbocycles. The number of likely N-dealkylation sites (tertiary alicyclic amines) is 1. The quantitative estimate of drug-likeness (QED) is 0.707. The summed E-state index contributed by atoms with van der Waals surface area (Å²) >= 11 is 0. The molecule has 0 amide bonds. The van der Waals surface area contributed by atoms with Gasteiger partial charge in [-0.15, -0.1) is 0 Å². The molecule has 1 saturated heterocycles. The topological polar surface area (TPSA) is 29.5 Å². The summed E-state index contributed by atoms with van der Waals surface area (Å²) in [5.41, 5.74) is 1.33. The van der Waals surface area contributed by atoms with Crippen LogP contribution in [0.5, 0.6) is 0 Å². The Kier molecular flexibility index (Phi) is 6.44. The van der Waals surface area contributed by atoms with E-state index in [4.69, 9.17) is 4.74 Å². The van der Waals surface area contributed by atoms with Gasteiger partial charge in [0.2, 0.25) is 0 Å². The molecule has 0 unspecified atom stereocenters. The SMILES string of the molecule is CCC[C@H](C(=O)OCC)[C@H]1CCCN1[C@H](C)c1ccccc1. The second-order valence-corrected chi connectivity index (χ2v) is 6.18. The Hall–Kier alpha value is -1.35. The molecule has 1 aliphatic heterocycles. The van der Waals surface area contributed by atoms with Gasteiger partial charge in [0.25, 0.3) is 0 Å². The minimum absolute atomic E-state index is 0.0125. The lowest BCUT2D eigenvalue weighted by Crippen LogP contribution is -2.41. The van der Waals surface area contributed by atoms with Gasteiger partial charge in [0.05, 0.1) is 12.5 Å². The highest BCUT2D eigenvalue weighted by molar-refractivity contribution is 5.73. The molecule has 122 valence electrons. The highest BCUT2D eigenvalue weighted by Gasteiger charge is 2.38. The third-order valence-electron chi connectivity index (χ3n) is 4.78. The lowest BCUT2D eigenvalue weighted by molar-refractivity contribution is -0.150. The van der Waals surface area contributed by atoms with Crippen molar-refractivity contribution in [3.63, 3.8) is 0 Å². The molecule has 1 aromatic carbocycles. The number of rotatable bonds is 7. The molecule has 1 fully saturated rings. The smallest absolute Gasteiger partial charge is 0.310 e. The van der Waals surface area contributed by atoms with Crippen LogP contribution in [0, 0.1) is 5.92 Å². The molecule has 0 aromatic heterocycles. The van der Waals surface area contributed by atoms with Gasteiger partial charge in [-0.1, -0.05) is 43.7 Å². The number of benzene rings is 1. The predicted octanol–water partition coefficient (Wildman–Crippen LogP) is 4.19. The minimum atomic E-state index is -0.0125. The lowest BCUT2D eigenvalue weighted by atomic mass is 9.91. The van der Waals surface area contributed by atoms with Crippen LogP contribution in [0.15, 0.2) is 30.3 Å². The zero-order valence-corrected chi connectivity index (χ0v) is 14.1. The minimum Gasteiger partial charge on any atom is -0.466 e. The van der Waals surface area contributed by atoms with Gasteiger partial charge in [0.1, 0.15) is 0 Å². The molecule has 1 aromatic rings. The highest BCUT2D eigenvalue weighted by Crippen LogP contribution is 2.34. The fourth-order valence-electron chi connectivity index (χ4n) is 3.68. The monoisotopic (exact) mass is 303 g/mol. The van der Waals surface area contributed by atoms with Crippen LogP contribution in [0.25, 0.3) is 0 Å². The van der Waals surface area contributed by atoms with Crippen molar-refractivity contribution in [2.45, 2.75) is 58.5 Å². The summed E-state index contributed by atoms with van der Waals surface area (Å²) in [6.07, 6.45) is 4.21. The maximum absolute atomic E-state index is 12.4. The average Bonchev–Trinajstić information content (AvgIpc) is 3.02. The van der Waals surface area contributed by atoms with E-state index >= 15 is 0 Å². The van der Waals surface area contributed by atoms with Crippen molar-refractivity contribution >= 4 is 5.97 Å². The molecule has 3 heteroatoms.